The number of hydrazine groups is 1. The number of carbonyl (C=O) groups is 4. The Morgan fingerprint density at radius 3 is 2.54 bits per heavy atom. The average Bonchev–Trinajstić information content (AvgIpc) is 3.50. The Morgan fingerprint density at radius 1 is 1.11 bits per heavy atom. The van der Waals surface area contributed by atoms with Gasteiger partial charge in [-0.3, -0.25) is 35.6 Å². The highest BCUT2D eigenvalue weighted by Gasteiger charge is 2.36. The highest BCUT2D eigenvalue weighted by Crippen LogP contribution is 2.38. The molecule has 4 rings (SSSR count). The van der Waals surface area contributed by atoms with E-state index >= 15 is 0 Å². The lowest BCUT2D eigenvalue weighted by Gasteiger charge is -2.35. The number of thiazole rings is 1. The van der Waals surface area contributed by atoms with Crippen LogP contribution in [0.1, 0.15) is 43.9 Å². The molecule has 1 fully saturated rings. The number of rotatable bonds is 6. The zero-order valence-corrected chi connectivity index (χ0v) is 26.0. The van der Waals surface area contributed by atoms with E-state index in [-0.39, 0.29) is 47.4 Å². The normalized spacial score (nSPS) is 15.1. The van der Waals surface area contributed by atoms with Gasteiger partial charge in [-0.25, -0.2) is 19.6 Å². The monoisotopic (exact) mass is 664 g/mol. The number of amides is 5. The number of alkyl halides is 3. The molecule has 46 heavy (non-hydrogen) atoms. The summed E-state index contributed by atoms with van der Waals surface area (Å²) in [6, 6.07) is 2.56. The number of morpholine rings is 1. The third-order valence-corrected chi connectivity index (χ3v) is 7.05. The van der Waals surface area contributed by atoms with Crippen LogP contribution in [0.2, 0.25) is 0 Å². The molecule has 4 heterocycles. The first kappa shape index (κ1) is 34.0. The van der Waals surface area contributed by atoms with Crippen LogP contribution in [0.5, 0.6) is 0 Å². The van der Waals surface area contributed by atoms with Crippen molar-refractivity contribution in [2.45, 2.75) is 45.5 Å². The Kier molecular flexibility index (Phi) is 10.4. The molecule has 0 aliphatic carbocycles. The minimum atomic E-state index is -4.68. The van der Waals surface area contributed by atoms with Gasteiger partial charge in [-0.1, -0.05) is 0 Å². The van der Waals surface area contributed by atoms with Gasteiger partial charge in [0.2, 0.25) is 0 Å². The Balaban J connectivity index is 1.56. The van der Waals surface area contributed by atoms with E-state index in [0.717, 1.165) is 16.7 Å². The summed E-state index contributed by atoms with van der Waals surface area (Å²) < 4.78 is 50.7. The van der Waals surface area contributed by atoms with Gasteiger partial charge in [0.15, 0.2) is 5.69 Å². The van der Waals surface area contributed by atoms with E-state index in [4.69, 9.17) is 9.47 Å². The number of urea groups is 1. The molecule has 0 unspecified atom stereocenters. The number of nitrogens with one attached hydrogen (secondary N) is 4. The largest absolute Gasteiger partial charge is 0.444 e. The fraction of sp³-hybridized carbons (Fsp3) is 0.393. The molecule has 1 atom stereocenters. The predicted octanol–water partition coefficient (Wildman–Crippen LogP) is 3.82. The maximum Gasteiger partial charge on any atom is 0.434 e. The van der Waals surface area contributed by atoms with Gasteiger partial charge in [-0.15, -0.1) is 11.3 Å². The van der Waals surface area contributed by atoms with Crippen LogP contribution in [0.15, 0.2) is 36.0 Å². The average molecular weight is 665 g/mol. The molecule has 14 nitrogen and oxygen atoms in total. The van der Waals surface area contributed by atoms with Crippen molar-refractivity contribution in [3.8, 4) is 21.7 Å². The third-order valence-electron chi connectivity index (χ3n) is 6.17. The van der Waals surface area contributed by atoms with Crippen molar-refractivity contribution in [1.82, 2.24) is 36.0 Å². The number of halogens is 3. The zero-order chi connectivity index (χ0) is 33.6. The molecule has 0 aromatic carbocycles. The van der Waals surface area contributed by atoms with Crippen LogP contribution in [0, 0.1) is 0 Å². The van der Waals surface area contributed by atoms with E-state index < -0.39 is 47.5 Å². The Morgan fingerprint density at radius 2 is 1.87 bits per heavy atom. The summed E-state index contributed by atoms with van der Waals surface area (Å²) in [5, 5.41) is 5.90. The molecule has 18 heteroatoms. The van der Waals surface area contributed by atoms with Crippen molar-refractivity contribution in [1.29, 1.82) is 0 Å². The lowest BCUT2D eigenvalue weighted by molar-refractivity contribution is -0.140. The topological polar surface area (TPSA) is 177 Å². The van der Waals surface area contributed by atoms with Crippen molar-refractivity contribution >= 4 is 41.1 Å². The molecule has 0 bridgehead atoms. The lowest BCUT2D eigenvalue weighted by Crippen LogP contribution is -2.59. The van der Waals surface area contributed by atoms with Gasteiger partial charge in [-0.05, 0) is 51.5 Å². The fourth-order valence-corrected chi connectivity index (χ4v) is 4.98. The summed E-state index contributed by atoms with van der Waals surface area (Å²) in [5.74, 6) is -1.51. The maximum absolute atomic E-state index is 13.3. The third kappa shape index (κ3) is 8.66. The molecular weight excluding hydrogens is 633 g/mol. The number of hydrogen-bond acceptors (Lipinski definition) is 10. The number of hydrogen-bond donors (Lipinski definition) is 4. The first-order valence-corrected chi connectivity index (χ1v) is 14.8. The number of nitrogens with zero attached hydrogens (tertiary/aromatic N) is 4. The number of pyridine rings is 2. The van der Waals surface area contributed by atoms with Crippen molar-refractivity contribution in [2.24, 2.45) is 0 Å². The smallest absolute Gasteiger partial charge is 0.434 e. The SMILES string of the molecule is CCNC(=O)Nc1cc(-c2nc(C(F)(F)F)cs2)c(-c2ccnc(C(=O)NNC(=O)[C@@H]3COCCN3C(=O)OC(C)(C)C)c2)cn1. The van der Waals surface area contributed by atoms with Gasteiger partial charge in [0, 0.05) is 42.0 Å². The van der Waals surface area contributed by atoms with Gasteiger partial charge in [0.25, 0.3) is 11.8 Å². The van der Waals surface area contributed by atoms with Gasteiger partial charge in [0.1, 0.15) is 28.2 Å². The Hall–Kier alpha value is -4.84. The molecule has 5 amide bonds. The second kappa shape index (κ2) is 14.1. The molecule has 3 aromatic heterocycles. The highest BCUT2D eigenvalue weighted by atomic mass is 32.1. The van der Waals surface area contributed by atoms with E-state index in [9.17, 15) is 32.3 Å². The number of carbonyl (C=O) groups excluding carboxylic acids is 4. The Labute approximate surface area is 265 Å². The van der Waals surface area contributed by atoms with E-state index in [2.05, 4.69) is 36.4 Å². The molecule has 3 aromatic rings. The zero-order valence-electron chi connectivity index (χ0n) is 25.2. The molecule has 4 N–H and O–H groups in total. The summed E-state index contributed by atoms with van der Waals surface area (Å²) in [6.45, 7) is 7.28. The van der Waals surface area contributed by atoms with Gasteiger partial charge >= 0.3 is 18.3 Å². The first-order chi connectivity index (χ1) is 21.7. The molecule has 1 aliphatic heterocycles. The lowest BCUT2D eigenvalue weighted by atomic mass is 10.0. The minimum absolute atomic E-state index is 0.0111. The van der Waals surface area contributed by atoms with Crippen molar-refractivity contribution < 1.29 is 41.8 Å². The highest BCUT2D eigenvalue weighted by molar-refractivity contribution is 7.13. The van der Waals surface area contributed by atoms with Crippen molar-refractivity contribution in [2.75, 3.05) is 31.6 Å². The van der Waals surface area contributed by atoms with Crippen LogP contribution in [-0.2, 0) is 20.4 Å². The van der Waals surface area contributed by atoms with E-state index in [0.29, 0.717) is 12.1 Å². The van der Waals surface area contributed by atoms with E-state index in [1.807, 2.05) is 0 Å². The molecule has 0 radical (unpaired) electrons. The molecule has 1 saturated heterocycles. The van der Waals surface area contributed by atoms with Gasteiger partial charge in [0.05, 0.1) is 13.2 Å². The van der Waals surface area contributed by atoms with Gasteiger partial charge < -0.3 is 14.8 Å². The summed E-state index contributed by atoms with van der Waals surface area (Å²) in [4.78, 5) is 63.8. The van der Waals surface area contributed by atoms with Crippen LogP contribution in [-0.4, -0.2) is 81.7 Å². The molecule has 246 valence electrons. The number of ether oxygens (including phenoxy) is 2. The fourth-order valence-electron chi connectivity index (χ4n) is 4.13. The minimum Gasteiger partial charge on any atom is -0.444 e. The van der Waals surface area contributed by atoms with Crippen LogP contribution < -0.4 is 21.5 Å². The van der Waals surface area contributed by atoms with Crippen LogP contribution in [0.4, 0.5) is 28.6 Å². The van der Waals surface area contributed by atoms with Crippen LogP contribution >= 0.6 is 11.3 Å². The quantitative estimate of drug-likeness (QED) is 0.285. The maximum atomic E-state index is 13.3. The van der Waals surface area contributed by atoms with Crippen molar-refractivity contribution in [3.05, 3.63) is 47.4 Å². The van der Waals surface area contributed by atoms with Gasteiger partial charge in [-0.2, -0.15) is 13.2 Å². The van der Waals surface area contributed by atoms with Crippen LogP contribution in [0.3, 0.4) is 0 Å². The standard InChI is InChI=1S/C28H31F3N8O6S/c1-5-32-25(42)36-21-11-16(24-35-20(14-46-24)28(29,30)31)17(12-34-21)15-6-7-33-18(10-15)22(40)37-38-23(41)19-13-44-9-8-39(19)26(43)45-27(2,3)4/h6-7,10-12,14,19H,5,8-9,13H2,1-4H3,(H,37,40)(H,38,41)(H2,32,34,36,42)/t19-/m0/s1. The predicted molar refractivity (Wildman–Crippen MR) is 159 cm³/mol. The van der Waals surface area contributed by atoms with E-state index in [1.54, 1.807) is 27.7 Å². The number of anilines is 1. The number of aromatic nitrogens is 3. The second-order valence-corrected chi connectivity index (χ2v) is 11.6. The van der Waals surface area contributed by atoms with Crippen molar-refractivity contribution in [3.63, 3.8) is 0 Å². The second-order valence-electron chi connectivity index (χ2n) is 10.8. The summed E-state index contributed by atoms with van der Waals surface area (Å²) >= 11 is 0.740. The summed E-state index contributed by atoms with van der Waals surface area (Å²) in [6.07, 6.45) is -2.78. The molecule has 0 spiro atoms. The summed E-state index contributed by atoms with van der Waals surface area (Å²) in [5.41, 5.74) is 3.30. The first-order valence-electron chi connectivity index (χ1n) is 13.9. The van der Waals surface area contributed by atoms with Crippen LogP contribution in [0.25, 0.3) is 21.7 Å². The Bertz CT molecular complexity index is 1610. The molecular formula is C28H31F3N8O6S. The van der Waals surface area contributed by atoms with E-state index in [1.165, 1.54) is 35.5 Å². The summed E-state index contributed by atoms with van der Waals surface area (Å²) in [7, 11) is 0. The molecule has 0 saturated carbocycles. The molecule has 1 aliphatic rings.